The third-order valence-corrected chi connectivity index (χ3v) is 5.14. The maximum atomic E-state index is 12.5. The summed E-state index contributed by atoms with van der Waals surface area (Å²) in [6, 6.07) is 10.9. The first-order chi connectivity index (χ1) is 11.0. The molecule has 0 spiro atoms. The average Bonchev–Trinajstić information content (AvgIpc) is 2.58. The molecule has 0 amide bonds. The number of carbonyl (C=O) groups excluding carboxylic acids is 2. The monoisotopic (exact) mass is 332 g/mol. The summed E-state index contributed by atoms with van der Waals surface area (Å²) in [6.45, 7) is -0.161. The summed E-state index contributed by atoms with van der Waals surface area (Å²) in [5.41, 5.74) is 0.444. The Morgan fingerprint density at radius 1 is 0.652 bits per heavy atom. The Kier molecular flexibility index (Phi) is 3.87. The van der Waals surface area contributed by atoms with E-state index in [4.69, 9.17) is 9.47 Å². The van der Waals surface area contributed by atoms with Crippen LogP contribution in [-0.2, 0) is 19.3 Å². The Labute approximate surface area is 132 Å². The summed E-state index contributed by atoms with van der Waals surface area (Å²) in [6.07, 6.45) is 0. The van der Waals surface area contributed by atoms with Crippen molar-refractivity contribution in [2.75, 3.05) is 13.2 Å². The van der Waals surface area contributed by atoms with Gasteiger partial charge in [-0.05, 0) is 48.5 Å². The molecule has 0 aliphatic carbocycles. The third-order valence-electron chi connectivity index (χ3n) is 3.35. The zero-order valence-corrected chi connectivity index (χ0v) is 12.7. The molecule has 0 radical (unpaired) electrons. The molecule has 2 aromatic carbocycles. The highest BCUT2D eigenvalue weighted by Gasteiger charge is 2.20. The molecule has 6 nitrogen and oxygen atoms in total. The lowest BCUT2D eigenvalue weighted by molar-refractivity contribution is 0.0265. The fraction of sp³-hybridized carbons (Fsp3) is 0.125. The highest BCUT2D eigenvalue weighted by molar-refractivity contribution is 7.91. The number of hydrogen-bond donors (Lipinski definition) is 0. The van der Waals surface area contributed by atoms with E-state index >= 15 is 0 Å². The van der Waals surface area contributed by atoms with Crippen molar-refractivity contribution in [2.24, 2.45) is 0 Å². The molecule has 0 saturated carbocycles. The van der Waals surface area contributed by atoms with Crippen molar-refractivity contribution in [1.82, 2.24) is 0 Å². The minimum atomic E-state index is -3.73. The Morgan fingerprint density at radius 2 is 1.00 bits per heavy atom. The van der Waals surface area contributed by atoms with Crippen LogP contribution in [0.25, 0.3) is 0 Å². The summed E-state index contributed by atoms with van der Waals surface area (Å²) in [5.74, 6) is -1.22. The van der Waals surface area contributed by atoms with E-state index in [1.165, 1.54) is 48.5 Å². The Hall–Kier alpha value is -2.67. The molecule has 3 aliphatic rings. The van der Waals surface area contributed by atoms with Gasteiger partial charge in [0.25, 0.3) is 0 Å². The van der Waals surface area contributed by atoms with Gasteiger partial charge in [-0.1, -0.05) is 0 Å². The maximum Gasteiger partial charge on any atom is 0.338 e. The molecule has 0 fully saturated rings. The molecule has 4 bridgehead atoms. The van der Waals surface area contributed by atoms with E-state index in [1.54, 1.807) is 0 Å². The van der Waals surface area contributed by atoms with Crippen molar-refractivity contribution in [1.29, 1.82) is 0 Å². The molecule has 7 heteroatoms. The van der Waals surface area contributed by atoms with E-state index in [2.05, 4.69) is 0 Å². The second-order valence-corrected chi connectivity index (χ2v) is 6.77. The highest BCUT2D eigenvalue weighted by Crippen LogP contribution is 2.22. The molecule has 5 rings (SSSR count). The van der Waals surface area contributed by atoms with Gasteiger partial charge in [0.1, 0.15) is 13.2 Å². The summed E-state index contributed by atoms with van der Waals surface area (Å²) in [4.78, 5) is 23.7. The quantitative estimate of drug-likeness (QED) is 0.684. The van der Waals surface area contributed by atoms with Gasteiger partial charge in [0.2, 0.25) is 9.84 Å². The molecule has 0 N–H and O–H groups in total. The van der Waals surface area contributed by atoms with Crippen LogP contribution in [0.1, 0.15) is 20.7 Å². The predicted octanol–water partition coefficient (Wildman–Crippen LogP) is 1.85. The van der Waals surface area contributed by atoms with Crippen LogP contribution in [0.4, 0.5) is 0 Å². The fourth-order valence-corrected chi connectivity index (χ4v) is 3.37. The van der Waals surface area contributed by atoms with Gasteiger partial charge in [-0.25, -0.2) is 18.0 Å². The van der Waals surface area contributed by atoms with Gasteiger partial charge in [0.05, 0.1) is 20.9 Å². The molecule has 118 valence electrons. The number of carbonyl (C=O) groups is 2. The predicted molar refractivity (Wildman–Crippen MR) is 78.9 cm³/mol. The zero-order chi connectivity index (χ0) is 16.4. The Balaban J connectivity index is 2.09. The second kappa shape index (κ2) is 5.85. The van der Waals surface area contributed by atoms with Crippen LogP contribution in [-0.4, -0.2) is 33.6 Å². The van der Waals surface area contributed by atoms with E-state index in [0.29, 0.717) is 0 Å². The topological polar surface area (TPSA) is 86.7 Å². The minimum Gasteiger partial charge on any atom is -0.458 e. The van der Waals surface area contributed by atoms with Gasteiger partial charge in [0, 0.05) is 0 Å². The lowest BCUT2D eigenvalue weighted by atomic mass is 10.2. The lowest BCUT2D eigenvalue weighted by Gasteiger charge is -2.06. The molecule has 0 aromatic heterocycles. The molecule has 23 heavy (non-hydrogen) atoms. The second-order valence-electron chi connectivity index (χ2n) is 4.82. The molecule has 2 aromatic rings. The fourth-order valence-electron chi connectivity index (χ4n) is 2.11. The van der Waals surface area contributed by atoms with Crippen LogP contribution in [0.3, 0.4) is 0 Å². The summed E-state index contributed by atoms with van der Waals surface area (Å²) in [5, 5.41) is 0. The van der Waals surface area contributed by atoms with Crippen molar-refractivity contribution in [3.8, 4) is 0 Å². The SMILES string of the molecule is O=C1OCCOC(=O)c2ccc(cc2)S(=O)(=O)c2ccc1cc2. The molecular weight excluding hydrogens is 320 g/mol. The number of hydrogen-bond acceptors (Lipinski definition) is 6. The number of esters is 2. The van der Waals surface area contributed by atoms with Crippen LogP contribution < -0.4 is 0 Å². The zero-order valence-electron chi connectivity index (χ0n) is 11.9. The third kappa shape index (κ3) is 2.95. The lowest BCUT2D eigenvalue weighted by Crippen LogP contribution is -2.14. The van der Waals surface area contributed by atoms with Gasteiger partial charge >= 0.3 is 11.9 Å². The first-order valence-corrected chi connectivity index (χ1v) is 8.26. The van der Waals surface area contributed by atoms with Crippen LogP contribution in [0.15, 0.2) is 58.3 Å². The highest BCUT2D eigenvalue weighted by atomic mass is 32.2. The minimum absolute atomic E-state index is 0.0549. The van der Waals surface area contributed by atoms with E-state index in [9.17, 15) is 18.0 Å². The normalized spacial score (nSPS) is 17.0. The number of ether oxygens (including phenoxy) is 2. The number of sulfone groups is 1. The van der Waals surface area contributed by atoms with Gasteiger partial charge < -0.3 is 9.47 Å². The summed E-state index contributed by atoms with van der Waals surface area (Å²) < 4.78 is 35.0. The smallest absolute Gasteiger partial charge is 0.338 e. The van der Waals surface area contributed by atoms with Gasteiger partial charge in [-0.15, -0.1) is 0 Å². The van der Waals surface area contributed by atoms with Crippen molar-refractivity contribution >= 4 is 21.8 Å². The van der Waals surface area contributed by atoms with E-state index in [-0.39, 0.29) is 34.1 Å². The van der Waals surface area contributed by atoms with Crippen LogP contribution in [0, 0.1) is 0 Å². The van der Waals surface area contributed by atoms with Gasteiger partial charge in [-0.3, -0.25) is 0 Å². The van der Waals surface area contributed by atoms with E-state index < -0.39 is 21.8 Å². The molecular formula is C16H12O6S. The Bertz CT molecular complexity index is 783. The van der Waals surface area contributed by atoms with Gasteiger partial charge in [-0.2, -0.15) is 0 Å². The molecule has 3 heterocycles. The van der Waals surface area contributed by atoms with Crippen LogP contribution in [0.2, 0.25) is 0 Å². The summed E-state index contributed by atoms with van der Waals surface area (Å²) >= 11 is 0. The van der Waals surface area contributed by atoms with Crippen molar-refractivity contribution in [2.45, 2.75) is 9.79 Å². The number of benzene rings is 2. The maximum absolute atomic E-state index is 12.5. The van der Waals surface area contributed by atoms with Crippen LogP contribution >= 0.6 is 0 Å². The number of rotatable bonds is 0. The first kappa shape index (κ1) is 15.2. The first-order valence-electron chi connectivity index (χ1n) is 6.78. The average molecular weight is 332 g/mol. The van der Waals surface area contributed by atoms with E-state index in [1.807, 2.05) is 0 Å². The Morgan fingerprint density at radius 3 is 1.35 bits per heavy atom. The van der Waals surface area contributed by atoms with Crippen LogP contribution in [0.5, 0.6) is 0 Å². The molecule has 0 unspecified atom stereocenters. The van der Waals surface area contributed by atoms with Crippen molar-refractivity contribution in [3.63, 3.8) is 0 Å². The standard InChI is InChI=1S/C16H12O6S/c17-15-11-1-5-13(6-2-11)23(19,20)14-7-3-12(4-8-14)16(18)22-10-9-21-15/h1-8H,9-10H2. The van der Waals surface area contributed by atoms with Crippen molar-refractivity contribution in [3.05, 3.63) is 59.7 Å². The molecule has 3 aliphatic heterocycles. The van der Waals surface area contributed by atoms with Gasteiger partial charge in [0.15, 0.2) is 0 Å². The number of fused-ring (bicyclic) bond motifs is 2. The largest absolute Gasteiger partial charge is 0.458 e. The molecule has 0 atom stereocenters. The molecule has 0 saturated heterocycles. The van der Waals surface area contributed by atoms with E-state index in [0.717, 1.165) is 0 Å². The van der Waals surface area contributed by atoms with Crippen molar-refractivity contribution < 1.29 is 27.5 Å². The summed E-state index contributed by atoms with van der Waals surface area (Å²) in [7, 11) is -3.73.